The van der Waals surface area contributed by atoms with Gasteiger partial charge in [-0.15, -0.1) is 3.97 Å². The van der Waals surface area contributed by atoms with Crippen LogP contribution in [0.25, 0.3) is 0 Å². The molecule has 0 unspecified atom stereocenters. The molecule has 0 fully saturated rings. The molecule has 1 N–H and O–H groups in total. The molecule has 0 amide bonds. The van der Waals surface area contributed by atoms with E-state index in [1.165, 1.54) is 0 Å². The number of aromatic amines is 1. The van der Waals surface area contributed by atoms with Gasteiger partial charge in [-0.05, 0) is 12.1 Å². The van der Waals surface area contributed by atoms with Crippen molar-refractivity contribution in [2.75, 3.05) is 0 Å². The van der Waals surface area contributed by atoms with Gasteiger partial charge in [0.05, 0.1) is 9.82 Å². The first-order valence-electron chi connectivity index (χ1n) is 5.15. The molecule has 2 aromatic rings. The first-order valence-corrected chi connectivity index (χ1v) is 6.59. The van der Waals surface area contributed by atoms with Gasteiger partial charge >= 0.3 is 5.69 Å². The number of hydrogen-bond donors (Lipinski definition) is 1. The monoisotopic (exact) mass is 297 g/mol. The zero-order valence-electron chi connectivity index (χ0n) is 9.72. The molecule has 1 heterocycles. The number of hydrogen-bond acceptors (Lipinski definition) is 6. The zero-order chi connectivity index (χ0) is 14.9. The Hall–Kier alpha value is -2.75. The standard InChI is InChI=1S/C10H7N3O6S/c14-9-5-6-11-10(15)12(9)20(18,19)8-3-1-7(2-4-8)13(16)17/h1-6H,(H,11,15). The highest BCUT2D eigenvalue weighted by Gasteiger charge is 2.21. The third kappa shape index (κ3) is 2.23. The van der Waals surface area contributed by atoms with Gasteiger partial charge in [0.2, 0.25) is 0 Å². The molecular weight excluding hydrogens is 290 g/mol. The lowest BCUT2D eigenvalue weighted by Crippen LogP contribution is -2.39. The Morgan fingerprint density at radius 3 is 2.20 bits per heavy atom. The number of non-ortho nitro benzene ring substituents is 1. The smallest absolute Gasteiger partial charge is 0.313 e. The molecule has 0 saturated heterocycles. The molecule has 0 aliphatic rings. The molecule has 2 rings (SSSR count). The predicted molar refractivity (Wildman–Crippen MR) is 67.0 cm³/mol. The molecule has 0 radical (unpaired) electrons. The van der Waals surface area contributed by atoms with Crippen molar-refractivity contribution >= 4 is 15.7 Å². The van der Waals surface area contributed by atoms with Crippen LogP contribution in [-0.4, -0.2) is 22.3 Å². The van der Waals surface area contributed by atoms with Crippen molar-refractivity contribution < 1.29 is 13.3 Å². The predicted octanol–water partition coefficient (Wildman–Crippen LogP) is -0.318. The van der Waals surface area contributed by atoms with Gasteiger partial charge in [-0.1, -0.05) is 0 Å². The molecule has 0 bridgehead atoms. The highest BCUT2D eigenvalue weighted by molar-refractivity contribution is 7.89. The van der Waals surface area contributed by atoms with E-state index in [9.17, 15) is 28.1 Å². The third-order valence-electron chi connectivity index (χ3n) is 2.40. The average Bonchev–Trinajstić information content (AvgIpc) is 2.38. The van der Waals surface area contributed by atoms with Crippen LogP contribution in [0.4, 0.5) is 5.69 Å². The minimum absolute atomic E-state index is 0.0498. The molecule has 104 valence electrons. The van der Waals surface area contributed by atoms with Crippen LogP contribution in [0.3, 0.4) is 0 Å². The Kier molecular flexibility index (Phi) is 3.24. The van der Waals surface area contributed by atoms with Gasteiger partial charge in [0.25, 0.3) is 21.3 Å². The van der Waals surface area contributed by atoms with E-state index >= 15 is 0 Å². The van der Waals surface area contributed by atoms with Crippen molar-refractivity contribution in [3.63, 3.8) is 0 Å². The fourth-order valence-corrected chi connectivity index (χ4v) is 2.74. The van der Waals surface area contributed by atoms with Crippen molar-refractivity contribution in [2.45, 2.75) is 4.90 Å². The molecule has 0 spiro atoms. The lowest BCUT2D eigenvalue weighted by atomic mass is 10.3. The number of benzene rings is 1. The second kappa shape index (κ2) is 4.74. The fraction of sp³-hybridized carbons (Fsp3) is 0. The first-order chi connectivity index (χ1) is 9.34. The summed E-state index contributed by atoms with van der Waals surface area (Å²) >= 11 is 0. The molecule has 1 aromatic heterocycles. The molecule has 0 aliphatic carbocycles. The maximum atomic E-state index is 12.1. The maximum absolute atomic E-state index is 12.1. The molecule has 0 atom stereocenters. The Bertz CT molecular complexity index is 850. The van der Waals surface area contributed by atoms with Gasteiger partial charge < -0.3 is 4.98 Å². The quantitative estimate of drug-likeness (QED) is 0.610. The zero-order valence-corrected chi connectivity index (χ0v) is 10.5. The largest absolute Gasteiger partial charge is 0.342 e. The van der Waals surface area contributed by atoms with Crippen molar-refractivity contribution in [3.8, 4) is 0 Å². The molecule has 0 aliphatic heterocycles. The van der Waals surface area contributed by atoms with Gasteiger partial charge in [0, 0.05) is 24.4 Å². The number of rotatable bonds is 3. The van der Waals surface area contributed by atoms with Gasteiger partial charge in [0.1, 0.15) is 0 Å². The van der Waals surface area contributed by atoms with Crippen molar-refractivity contribution in [2.24, 2.45) is 0 Å². The Balaban J connectivity index is 2.65. The van der Waals surface area contributed by atoms with E-state index in [0.29, 0.717) is 0 Å². The van der Waals surface area contributed by atoms with Gasteiger partial charge in [0.15, 0.2) is 0 Å². The minimum atomic E-state index is -4.40. The van der Waals surface area contributed by atoms with Gasteiger partial charge in [-0.2, -0.15) is 0 Å². The Morgan fingerprint density at radius 1 is 1.10 bits per heavy atom. The van der Waals surface area contributed by atoms with Crippen LogP contribution in [-0.2, 0) is 10.0 Å². The van der Waals surface area contributed by atoms with Crippen LogP contribution in [0.15, 0.2) is 51.0 Å². The van der Waals surface area contributed by atoms with Crippen molar-refractivity contribution in [1.82, 2.24) is 8.96 Å². The van der Waals surface area contributed by atoms with Crippen LogP contribution in [0.5, 0.6) is 0 Å². The van der Waals surface area contributed by atoms with Crippen LogP contribution in [0.1, 0.15) is 0 Å². The van der Waals surface area contributed by atoms with E-state index in [0.717, 1.165) is 36.5 Å². The third-order valence-corrected chi connectivity index (χ3v) is 4.10. The van der Waals surface area contributed by atoms with E-state index < -0.39 is 31.1 Å². The Labute approximate surface area is 111 Å². The van der Waals surface area contributed by atoms with Crippen LogP contribution in [0, 0.1) is 10.1 Å². The van der Waals surface area contributed by atoms with Crippen LogP contribution >= 0.6 is 0 Å². The normalized spacial score (nSPS) is 11.2. The van der Waals surface area contributed by atoms with E-state index in [4.69, 9.17) is 0 Å². The van der Waals surface area contributed by atoms with Crippen LogP contribution in [0.2, 0.25) is 0 Å². The summed E-state index contributed by atoms with van der Waals surface area (Å²) in [5, 5.41) is 10.5. The highest BCUT2D eigenvalue weighted by Crippen LogP contribution is 2.16. The van der Waals surface area contributed by atoms with E-state index in [1.807, 2.05) is 0 Å². The summed E-state index contributed by atoms with van der Waals surface area (Å²) in [7, 11) is -4.40. The van der Waals surface area contributed by atoms with E-state index in [1.54, 1.807) is 0 Å². The summed E-state index contributed by atoms with van der Waals surface area (Å²) in [6, 6.07) is 4.72. The van der Waals surface area contributed by atoms with E-state index in [2.05, 4.69) is 4.98 Å². The number of nitro groups is 1. The summed E-state index contributed by atoms with van der Waals surface area (Å²) in [6.45, 7) is 0. The summed E-state index contributed by atoms with van der Waals surface area (Å²) in [5.74, 6) is 0. The maximum Gasteiger partial charge on any atom is 0.342 e. The van der Waals surface area contributed by atoms with E-state index in [-0.39, 0.29) is 9.66 Å². The molecule has 20 heavy (non-hydrogen) atoms. The molecule has 10 heteroatoms. The number of nitrogens with zero attached hydrogens (tertiary/aromatic N) is 2. The number of nitro benzene ring substituents is 1. The molecule has 9 nitrogen and oxygen atoms in total. The summed E-state index contributed by atoms with van der Waals surface area (Å²) in [4.78, 5) is 34.4. The van der Waals surface area contributed by atoms with Gasteiger partial charge in [-0.3, -0.25) is 14.9 Å². The van der Waals surface area contributed by atoms with Gasteiger partial charge in [-0.25, -0.2) is 13.2 Å². The average molecular weight is 297 g/mol. The molecule has 0 saturated carbocycles. The summed E-state index contributed by atoms with van der Waals surface area (Å²) in [5.41, 5.74) is -2.44. The lowest BCUT2D eigenvalue weighted by Gasteiger charge is -2.05. The van der Waals surface area contributed by atoms with Crippen molar-refractivity contribution in [1.29, 1.82) is 0 Å². The second-order valence-corrected chi connectivity index (χ2v) is 5.43. The fourth-order valence-electron chi connectivity index (χ4n) is 1.48. The molecular formula is C10H7N3O6S. The minimum Gasteiger partial charge on any atom is -0.313 e. The highest BCUT2D eigenvalue weighted by atomic mass is 32.2. The lowest BCUT2D eigenvalue weighted by molar-refractivity contribution is -0.384. The summed E-state index contributed by atoms with van der Waals surface area (Å²) < 4.78 is 24.3. The molecule has 1 aromatic carbocycles. The number of H-pyrrole nitrogens is 1. The second-order valence-electron chi connectivity index (χ2n) is 3.64. The topological polar surface area (TPSA) is 132 Å². The van der Waals surface area contributed by atoms with Crippen molar-refractivity contribution in [3.05, 3.63) is 67.5 Å². The van der Waals surface area contributed by atoms with Crippen LogP contribution < -0.4 is 11.2 Å². The summed E-state index contributed by atoms with van der Waals surface area (Å²) in [6.07, 6.45) is 1.02. The number of nitrogens with one attached hydrogen (secondary N) is 1. The Morgan fingerprint density at radius 2 is 1.70 bits per heavy atom. The number of aromatic nitrogens is 2. The first kappa shape index (κ1) is 13.7. The SMILES string of the molecule is O=c1cc[nH]c(=O)n1S(=O)(=O)c1ccc([N+](=O)[O-])cc1.